The van der Waals surface area contributed by atoms with Crippen LogP contribution in [0.4, 0.5) is 0 Å². The van der Waals surface area contributed by atoms with Crippen LogP contribution in [0.3, 0.4) is 0 Å². The average molecular weight is 290 g/mol. The Kier molecular flexibility index (Phi) is 7.44. The second kappa shape index (κ2) is 8.83. The highest BCUT2D eigenvalue weighted by Gasteiger charge is 2.16. The lowest BCUT2D eigenvalue weighted by atomic mass is 9.94. The number of amides is 1. The molecule has 3 heteroatoms. The van der Waals surface area contributed by atoms with Crippen LogP contribution in [0.2, 0.25) is 0 Å². The van der Waals surface area contributed by atoms with Crippen molar-refractivity contribution in [3.8, 4) is 0 Å². The Morgan fingerprint density at radius 2 is 1.71 bits per heavy atom. The van der Waals surface area contributed by atoms with Gasteiger partial charge in [0.05, 0.1) is 6.54 Å². The number of carbonyl (C=O) groups is 1. The summed E-state index contributed by atoms with van der Waals surface area (Å²) in [6.07, 6.45) is 2.29. The largest absolute Gasteiger partial charge is 0.353 e. The van der Waals surface area contributed by atoms with Crippen molar-refractivity contribution in [2.45, 2.75) is 59.5 Å². The van der Waals surface area contributed by atoms with Gasteiger partial charge in [0.25, 0.3) is 0 Å². The van der Waals surface area contributed by atoms with E-state index in [1.165, 1.54) is 17.5 Å². The lowest BCUT2D eigenvalue weighted by Crippen LogP contribution is -2.40. The maximum atomic E-state index is 11.8. The smallest absolute Gasteiger partial charge is 0.234 e. The van der Waals surface area contributed by atoms with Crippen LogP contribution in [-0.4, -0.2) is 18.5 Å². The number of hydrogen-bond donors (Lipinski definition) is 2. The average Bonchev–Trinajstić information content (AvgIpc) is 2.40. The fourth-order valence-corrected chi connectivity index (χ4v) is 2.49. The van der Waals surface area contributed by atoms with Gasteiger partial charge in [-0.15, -0.1) is 0 Å². The number of hydrogen-bond acceptors (Lipinski definition) is 2. The highest BCUT2D eigenvalue weighted by molar-refractivity contribution is 5.78. The van der Waals surface area contributed by atoms with Crippen LogP contribution < -0.4 is 10.6 Å². The third kappa shape index (κ3) is 6.30. The molecule has 0 heterocycles. The first kappa shape index (κ1) is 17.7. The Morgan fingerprint density at radius 3 is 2.19 bits per heavy atom. The molecule has 118 valence electrons. The number of carbonyl (C=O) groups excluding carboxylic acids is 1. The normalized spacial score (nSPS) is 12.7. The van der Waals surface area contributed by atoms with Crippen molar-refractivity contribution in [3.63, 3.8) is 0 Å². The maximum absolute atomic E-state index is 11.8. The zero-order valence-corrected chi connectivity index (χ0v) is 14.1. The zero-order chi connectivity index (χ0) is 15.8. The lowest BCUT2D eigenvalue weighted by molar-refractivity contribution is -0.120. The van der Waals surface area contributed by atoms with Gasteiger partial charge in [0.2, 0.25) is 5.91 Å². The van der Waals surface area contributed by atoms with Crippen molar-refractivity contribution in [2.24, 2.45) is 5.92 Å². The summed E-state index contributed by atoms with van der Waals surface area (Å²) in [5.74, 6) is 0.493. The molecule has 0 unspecified atom stereocenters. The van der Waals surface area contributed by atoms with Crippen LogP contribution in [-0.2, 0) is 11.2 Å². The van der Waals surface area contributed by atoms with E-state index in [4.69, 9.17) is 0 Å². The molecule has 0 aliphatic heterocycles. The summed E-state index contributed by atoms with van der Waals surface area (Å²) in [5, 5.41) is 6.29. The zero-order valence-electron chi connectivity index (χ0n) is 14.1. The first-order chi connectivity index (χ1) is 9.93. The van der Waals surface area contributed by atoms with Gasteiger partial charge in [-0.05, 0) is 37.3 Å². The van der Waals surface area contributed by atoms with Crippen molar-refractivity contribution in [1.82, 2.24) is 10.6 Å². The molecule has 0 aromatic heterocycles. The van der Waals surface area contributed by atoms with Gasteiger partial charge >= 0.3 is 0 Å². The van der Waals surface area contributed by atoms with Crippen LogP contribution in [0.1, 0.15) is 58.2 Å². The Hall–Kier alpha value is -1.35. The molecule has 0 aliphatic carbocycles. The predicted molar refractivity (Wildman–Crippen MR) is 89.3 cm³/mol. The second-order valence-electron chi connectivity index (χ2n) is 6.32. The highest BCUT2D eigenvalue weighted by Crippen LogP contribution is 2.22. The summed E-state index contributed by atoms with van der Waals surface area (Å²) >= 11 is 0. The second-order valence-corrected chi connectivity index (χ2v) is 6.32. The van der Waals surface area contributed by atoms with Gasteiger partial charge < -0.3 is 10.6 Å². The molecule has 21 heavy (non-hydrogen) atoms. The Bertz CT molecular complexity index is 423. The maximum Gasteiger partial charge on any atom is 0.234 e. The molecule has 1 aromatic rings. The van der Waals surface area contributed by atoms with E-state index in [-0.39, 0.29) is 18.0 Å². The van der Waals surface area contributed by atoms with Crippen molar-refractivity contribution >= 4 is 5.91 Å². The third-order valence-electron chi connectivity index (χ3n) is 3.48. The van der Waals surface area contributed by atoms with Gasteiger partial charge in [-0.2, -0.15) is 0 Å². The minimum atomic E-state index is 0.0539. The molecular weight excluding hydrogens is 260 g/mol. The SMILES string of the molecule is CCCc1ccc([C@H](NCC(=O)NC(C)C)C(C)C)cc1. The number of aryl methyl sites for hydroxylation is 1. The van der Waals surface area contributed by atoms with E-state index in [9.17, 15) is 4.79 Å². The van der Waals surface area contributed by atoms with E-state index >= 15 is 0 Å². The number of nitrogens with one attached hydrogen (secondary N) is 2. The van der Waals surface area contributed by atoms with Crippen LogP contribution in [0.5, 0.6) is 0 Å². The molecule has 1 aromatic carbocycles. The van der Waals surface area contributed by atoms with Gasteiger partial charge in [0.1, 0.15) is 0 Å². The van der Waals surface area contributed by atoms with Gasteiger partial charge in [-0.3, -0.25) is 4.79 Å². The van der Waals surface area contributed by atoms with Crippen LogP contribution in [0, 0.1) is 5.92 Å². The summed E-state index contributed by atoms with van der Waals surface area (Å²) < 4.78 is 0. The van der Waals surface area contributed by atoms with E-state index in [1.807, 2.05) is 13.8 Å². The summed E-state index contributed by atoms with van der Waals surface area (Å²) in [6.45, 7) is 10.9. The van der Waals surface area contributed by atoms with E-state index in [1.54, 1.807) is 0 Å². The van der Waals surface area contributed by atoms with E-state index in [0.29, 0.717) is 12.5 Å². The molecule has 0 radical (unpaired) electrons. The molecule has 0 aliphatic rings. The molecule has 1 atom stereocenters. The topological polar surface area (TPSA) is 41.1 Å². The van der Waals surface area contributed by atoms with Crippen LogP contribution in [0.25, 0.3) is 0 Å². The fraction of sp³-hybridized carbons (Fsp3) is 0.611. The Labute approximate surface area is 129 Å². The molecule has 0 saturated heterocycles. The van der Waals surface area contributed by atoms with Crippen LogP contribution >= 0.6 is 0 Å². The van der Waals surface area contributed by atoms with Crippen LogP contribution in [0.15, 0.2) is 24.3 Å². The van der Waals surface area contributed by atoms with Gasteiger partial charge in [0, 0.05) is 12.1 Å². The lowest BCUT2D eigenvalue weighted by Gasteiger charge is -2.23. The third-order valence-corrected chi connectivity index (χ3v) is 3.48. The quantitative estimate of drug-likeness (QED) is 0.770. The molecule has 1 rings (SSSR count). The standard InChI is InChI=1S/C18H30N2O/c1-6-7-15-8-10-16(11-9-15)18(13(2)3)19-12-17(21)20-14(4)5/h8-11,13-14,18-19H,6-7,12H2,1-5H3,(H,20,21)/t18-/m1/s1. The number of rotatable bonds is 8. The Balaban J connectivity index is 2.66. The van der Waals surface area contributed by atoms with Crippen molar-refractivity contribution in [1.29, 1.82) is 0 Å². The number of benzene rings is 1. The summed E-state index contributed by atoms with van der Waals surface area (Å²) in [4.78, 5) is 11.8. The predicted octanol–water partition coefficient (Wildman–Crippen LogP) is 3.45. The first-order valence-electron chi connectivity index (χ1n) is 8.05. The Morgan fingerprint density at radius 1 is 1.10 bits per heavy atom. The van der Waals surface area contributed by atoms with Crippen molar-refractivity contribution in [3.05, 3.63) is 35.4 Å². The molecule has 0 spiro atoms. The van der Waals surface area contributed by atoms with E-state index < -0.39 is 0 Å². The van der Waals surface area contributed by atoms with E-state index in [2.05, 4.69) is 55.7 Å². The fourth-order valence-electron chi connectivity index (χ4n) is 2.49. The molecular formula is C18H30N2O. The highest BCUT2D eigenvalue weighted by atomic mass is 16.1. The van der Waals surface area contributed by atoms with Crippen molar-refractivity contribution in [2.75, 3.05) is 6.54 Å². The molecule has 3 nitrogen and oxygen atoms in total. The molecule has 0 fully saturated rings. The monoisotopic (exact) mass is 290 g/mol. The molecule has 1 amide bonds. The van der Waals surface area contributed by atoms with E-state index in [0.717, 1.165) is 6.42 Å². The molecule has 2 N–H and O–H groups in total. The minimum Gasteiger partial charge on any atom is -0.353 e. The summed E-state index contributed by atoms with van der Waals surface area (Å²) in [7, 11) is 0. The molecule has 0 saturated carbocycles. The first-order valence-corrected chi connectivity index (χ1v) is 8.05. The van der Waals surface area contributed by atoms with Crippen molar-refractivity contribution < 1.29 is 4.79 Å². The summed E-state index contributed by atoms with van der Waals surface area (Å²) in [5.41, 5.74) is 2.63. The molecule has 0 bridgehead atoms. The van der Waals surface area contributed by atoms with Gasteiger partial charge in [-0.1, -0.05) is 51.5 Å². The summed E-state index contributed by atoms with van der Waals surface area (Å²) in [6, 6.07) is 9.16. The van der Waals surface area contributed by atoms with Gasteiger partial charge in [0.15, 0.2) is 0 Å². The minimum absolute atomic E-state index is 0.0539. The van der Waals surface area contributed by atoms with Gasteiger partial charge in [-0.25, -0.2) is 0 Å².